The number of amides is 1. The average molecular weight is 353 g/mol. The van der Waals surface area contributed by atoms with Gasteiger partial charge in [-0.3, -0.25) is 4.79 Å². The minimum atomic E-state index is -3.56. The van der Waals surface area contributed by atoms with Crippen LogP contribution in [0.2, 0.25) is 0 Å². The number of rotatable bonds is 9. The van der Waals surface area contributed by atoms with E-state index < -0.39 is 10.0 Å². The molecule has 0 saturated heterocycles. The largest absolute Gasteiger partial charge is 0.355 e. The SMILES string of the molecule is CCNCCNC(=O)CCNS(=O)(=O)c1ccc2c(c1)CCCC2. The Hall–Kier alpha value is -1.44. The third-order valence-electron chi connectivity index (χ3n) is 4.15. The molecule has 0 saturated carbocycles. The molecule has 0 radical (unpaired) electrons. The number of hydrogen-bond donors (Lipinski definition) is 3. The van der Waals surface area contributed by atoms with Gasteiger partial charge in [0.2, 0.25) is 15.9 Å². The Labute approximate surface area is 144 Å². The summed E-state index contributed by atoms with van der Waals surface area (Å²) in [6.45, 7) is 4.22. The smallest absolute Gasteiger partial charge is 0.240 e. The molecule has 134 valence electrons. The lowest BCUT2D eigenvalue weighted by Crippen LogP contribution is -2.34. The third-order valence-corrected chi connectivity index (χ3v) is 5.61. The Balaban J connectivity index is 1.82. The van der Waals surface area contributed by atoms with Crippen molar-refractivity contribution in [3.05, 3.63) is 29.3 Å². The molecule has 0 unspecified atom stereocenters. The van der Waals surface area contributed by atoms with Crippen molar-refractivity contribution in [3.63, 3.8) is 0 Å². The first kappa shape index (κ1) is 18.9. The number of nitrogens with one attached hydrogen (secondary N) is 3. The van der Waals surface area contributed by atoms with E-state index in [1.165, 1.54) is 12.0 Å². The number of sulfonamides is 1. The fourth-order valence-electron chi connectivity index (χ4n) is 2.81. The van der Waals surface area contributed by atoms with E-state index >= 15 is 0 Å². The molecule has 0 fully saturated rings. The maximum Gasteiger partial charge on any atom is 0.240 e. The van der Waals surface area contributed by atoms with E-state index in [1.54, 1.807) is 12.1 Å². The van der Waals surface area contributed by atoms with E-state index in [1.807, 2.05) is 13.0 Å². The second-order valence-corrected chi connectivity index (χ2v) is 7.76. The zero-order chi connectivity index (χ0) is 17.4. The van der Waals surface area contributed by atoms with Gasteiger partial charge in [-0.1, -0.05) is 13.0 Å². The van der Waals surface area contributed by atoms with Gasteiger partial charge in [-0.05, 0) is 55.5 Å². The molecule has 0 aliphatic heterocycles. The summed E-state index contributed by atoms with van der Waals surface area (Å²) in [4.78, 5) is 11.9. The van der Waals surface area contributed by atoms with E-state index in [0.29, 0.717) is 13.1 Å². The van der Waals surface area contributed by atoms with Crippen molar-refractivity contribution in [1.29, 1.82) is 0 Å². The summed E-state index contributed by atoms with van der Waals surface area (Å²) < 4.78 is 27.2. The molecule has 0 aromatic heterocycles. The highest BCUT2D eigenvalue weighted by atomic mass is 32.2. The molecule has 0 spiro atoms. The second-order valence-electron chi connectivity index (χ2n) is 5.99. The summed E-state index contributed by atoms with van der Waals surface area (Å²) in [7, 11) is -3.56. The number of carbonyl (C=O) groups excluding carboxylic acids is 1. The molecule has 1 aliphatic carbocycles. The molecule has 0 heterocycles. The van der Waals surface area contributed by atoms with Gasteiger partial charge in [0, 0.05) is 26.1 Å². The van der Waals surface area contributed by atoms with Crippen molar-refractivity contribution in [2.24, 2.45) is 0 Å². The van der Waals surface area contributed by atoms with E-state index in [-0.39, 0.29) is 23.8 Å². The zero-order valence-electron chi connectivity index (χ0n) is 14.2. The number of likely N-dealkylation sites (N-methyl/N-ethyl adjacent to an activating group) is 1. The molecule has 1 aromatic rings. The maximum absolute atomic E-state index is 12.3. The van der Waals surface area contributed by atoms with Crippen molar-refractivity contribution in [3.8, 4) is 0 Å². The van der Waals surface area contributed by atoms with Crippen LogP contribution >= 0.6 is 0 Å². The predicted molar refractivity (Wildman–Crippen MR) is 94.4 cm³/mol. The summed E-state index contributed by atoms with van der Waals surface area (Å²) in [5.41, 5.74) is 2.38. The van der Waals surface area contributed by atoms with Gasteiger partial charge in [-0.2, -0.15) is 0 Å². The lowest BCUT2D eigenvalue weighted by atomic mass is 9.92. The summed E-state index contributed by atoms with van der Waals surface area (Å²) in [6.07, 6.45) is 4.37. The first-order chi connectivity index (χ1) is 11.5. The van der Waals surface area contributed by atoms with Crippen molar-refractivity contribution in [2.75, 3.05) is 26.2 Å². The topological polar surface area (TPSA) is 87.3 Å². The molecule has 3 N–H and O–H groups in total. The maximum atomic E-state index is 12.3. The zero-order valence-corrected chi connectivity index (χ0v) is 15.0. The summed E-state index contributed by atoms with van der Waals surface area (Å²) >= 11 is 0. The van der Waals surface area contributed by atoms with Crippen molar-refractivity contribution >= 4 is 15.9 Å². The van der Waals surface area contributed by atoms with Gasteiger partial charge in [0.05, 0.1) is 4.90 Å². The van der Waals surface area contributed by atoms with Gasteiger partial charge in [-0.25, -0.2) is 13.1 Å². The van der Waals surface area contributed by atoms with Gasteiger partial charge in [0.15, 0.2) is 0 Å². The van der Waals surface area contributed by atoms with Crippen LogP contribution in [0.3, 0.4) is 0 Å². The van der Waals surface area contributed by atoms with Crippen LogP contribution in [0.1, 0.15) is 37.3 Å². The molecule has 0 atom stereocenters. The normalized spacial score (nSPS) is 14.2. The van der Waals surface area contributed by atoms with Gasteiger partial charge in [0.25, 0.3) is 0 Å². The number of fused-ring (bicyclic) bond motifs is 1. The summed E-state index contributed by atoms with van der Waals surface area (Å²) in [5.74, 6) is -0.152. The van der Waals surface area contributed by atoms with Crippen LogP contribution in [-0.2, 0) is 27.7 Å². The standard InChI is InChI=1S/C17H27N3O3S/c1-2-18-11-12-19-17(21)9-10-20-24(22,23)16-8-7-14-5-3-4-6-15(14)13-16/h7-8,13,18,20H,2-6,9-12H2,1H3,(H,19,21). The van der Waals surface area contributed by atoms with E-state index in [2.05, 4.69) is 15.4 Å². The minimum absolute atomic E-state index is 0.104. The minimum Gasteiger partial charge on any atom is -0.355 e. The van der Waals surface area contributed by atoms with E-state index in [4.69, 9.17) is 0 Å². The molecule has 7 heteroatoms. The molecule has 6 nitrogen and oxygen atoms in total. The number of carbonyl (C=O) groups is 1. The van der Waals surface area contributed by atoms with Crippen molar-refractivity contribution < 1.29 is 13.2 Å². The molecule has 1 aliphatic rings. The number of hydrogen-bond acceptors (Lipinski definition) is 4. The molecular weight excluding hydrogens is 326 g/mol. The lowest BCUT2D eigenvalue weighted by Gasteiger charge is -2.16. The van der Waals surface area contributed by atoms with Gasteiger partial charge in [-0.15, -0.1) is 0 Å². The number of benzene rings is 1. The molecule has 0 bridgehead atoms. The second kappa shape index (κ2) is 9.15. The van der Waals surface area contributed by atoms with Crippen LogP contribution < -0.4 is 15.4 Å². The van der Waals surface area contributed by atoms with Crippen molar-refractivity contribution in [1.82, 2.24) is 15.4 Å². The van der Waals surface area contributed by atoms with Gasteiger partial charge < -0.3 is 10.6 Å². The van der Waals surface area contributed by atoms with Crippen LogP contribution in [0, 0.1) is 0 Å². The quantitative estimate of drug-likeness (QED) is 0.577. The lowest BCUT2D eigenvalue weighted by molar-refractivity contribution is -0.120. The highest BCUT2D eigenvalue weighted by Crippen LogP contribution is 2.23. The molecule has 1 aromatic carbocycles. The molecule has 24 heavy (non-hydrogen) atoms. The average Bonchev–Trinajstić information content (AvgIpc) is 2.58. The van der Waals surface area contributed by atoms with Crippen LogP contribution in [0.25, 0.3) is 0 Å². The van der Waals surface area contributed by atoms with Crippen LogP contribution in [0.4, 0.5) is 0 Å². The Kier molecular flexibility index (Phi) is 7.20. The Bertz CT molecular complexity index is 659. The molecule has 2 rings (SSSR count). The first-order valence-electron chi connectivity index (χ1n) is 8.62. The number of aryl methyl sites for hydroxylation is 2. The summed E-state index contributed by atoms with van der Waals surface area (Å²) in [6, 6.07) is 5.34. The predicted octanol–water partition coefficient (Wildman–Crippen LogP) is 0.960. The van der Waals surface area contributed by atoms with Gasteiger partial charge in [0.1, 0.15) is 0 Å². The Morgan fingerprint density at radius 2 is 1.83 bits per heavy atom. The van der Waals surface area contributed by atoms with Crippen LogP contribution in [0.15, 0.2) is 23.1 Å². The monoisotopic (exact) mass is 353 g/mol. The van der Waals surface area contributed by atoms with Crippen molar-refractivity contribution in [2.45, 2.75) is 43.9 Å². The van der Waals surface area contributed by atoms with E-state index in [0.717, 1.165) is 31.4 Å². The van der Waals surface area contributed by atoms with Gasteiger partial charge >= 0.3 is 0 Å². The first-order valence-corrected chi connectivity index (χ1v) is 10.1. The van der Waals surface area contributed by atoms with Crippen LogP contribution in [-0.4, -0.2) is 40.5 Å². The fraction of sp³-hybridized carbons (Fsp3) is 0.588. The Morgan fingerprint density at radius 1 is 1.08 bits per heavy atom. The molecular formula is C17H27N3O3S. The fourth-order valence-corrected chi connectivity index (χ4v) is 3.90. The summed E-state index contributed by atoms with van der Waals surface area (Å²) in [5, 5.41) is 5.85. The third kappa shape index (κ3) is 5.58. The molecule has 1 amide bonds. The highest BCUT2D eigenvalue weighted by molar-refractivity contribution is 7.89. The highest BCUT2D eigenvalue weighted by Gasteiger charge is 2.17. The Morgan fingerprint density at radius 3 is 2.58 bits per heavy atom. The van der Waals surface area contributed by atoms with Crippen LogP contribution in [0.5, 0.6) is 0 Å². The van der Waals surface area contributed by atoms with E-state index in [9.17, 15) is 13.2 Å².